The van der Waals surface area contributed by atoms with Gasteiger partial charge in [-0.15, -0.1) is 0 Å². The molecule has 0 spiro atoms. The maximum absolute atomic E-state index is 11.0. The molecule has 0 radical (unpaired) electrons. The maximum Gasteiger partial charge on any atom is 0.254 e. The van der Waals surface area contributed by atoms with Crippen LogP contribution >= 0.6 is 0 Å². The van der Waals surface area contributed by atoms with Gasteiger partial charge in [0.15, 0.2) is 11.5 Å². The van der Waals surface area contributed by atoms with E-state index < -0.39 is 11.8 Å². The highest BCUT2D eigenvalue weighted by molar-refractivity contribution is 6.20. The average molecular weight is 250 g/mol. The molecule has 0 aliphatic heterocycles. The number of ether oxygens (including phenoxy) is 2. The molecule has 0 unspecified atom stereocenters. The molecule has 0 bridgehead atoms. The topological polar surface area (TPSA) is 105 Å². The number of amides is 2. The molecule has 1 aromatic rings. The Hall–Kier alpha value is -2.50. The van der Waals surface area contributed by atoms with E-state index in [9.17, 15) is 9.59 Å². The van der Waals surface area contributed by atoms with E-state index in [0.717, 1.165) is 0 Å². The maximum atomic E-state index is 11.0. The molecule has 18 heavy (non-hydrogen) atoms. The van der Waals surface area contributed by atoms with Gasteiger partial charge in [0.25, 0.3) is 11.8 Å². The van der Waals surface area contributed by atoms with Crippen molar-refractivity contribution in [1.82, 2.24) is 0 Å². The molecule has 0 aromatic heterocycles. The molecular weight excluding hydrogens is 236 g/mol. The fourth-order valence-corrected chi connectivity index (χ4v) is 1.37. The summed E-state index contributed by atoms with van der Waals surface area (Å²) in [5.41, 5.74) is 10.4. The van der Waals surface area contributed by atoms with Crippen LogP contribution in [0.2, 0.25) is 0 Å². The Kier molecular flexibility index (Phi) is 4.31. The molecule has 4 N–H and O–H groups in total. The minimum Gasteiger partial charge on any atom is -0.493 e. The van der Waals surface area contributed by atoms with Gasteiger partial charge < -0.3 is 20.9 Å². The van der Waals surface area contributed by atoms with Crippen LogP contribution in [0.3, 0.4) is 0 Å². The number of benzene rings is 1. The van der Waals surface area contributed by atoms with E-state index in [1.54, 1.807) is 18.2 Å². The summed E-state index contributed by atoms with van der Waals surface area (Å²) in [4.78, 5) is 22.0. The van der Waals surface area contributed by atoms with Gasteiger partial charge in [-0.3, -0.25) is 9.59 Å². The zero-order chi connectivity index (χ0) is 13.7. The van der Waals surface area contributed by atoms with Crippen molar-refractivity contribution >= 4 is 17.9 Å². The van der Waals surface area contributed by atoms with Crippen molar-refractivity contribution in [3.8, 4) is 11.5 Å². The zero-order valence-corrected chi connectivity index (χ0v) is 10.1. The van der Waals surface area contributed by atoms with Crippen molar-refractivity contribution < 1.29 is 19.1 Å². The summed E-state index contributed by atoms with van der Waals surface area (Å²) < 4.78 is 10.2. The number of carbonyl (C=O) groups excluding carboxylic acids is 2. The molecule has 96 valence electrons. The molecule has 6 heteroatoms. The van der Waals surface area contributed by atoms with Crippen LogP contribution in [0.5, 0.6) is 11.5 Å². The van der Waals surface area contributed by atoms with E-state index in [0.29, 0.717) is 17.1 Å². The van der Waals surface area contributed by atoms with E-state index >= 15 is 0 Å². The molecule has 2 amide bonds. The molecule has 0 aliphatic rings. The number of carbonyl (C=O) groups is 2. The standard InChI is InChI=1S/C12H14N2O4/c1-17-9-4-3-7(6-10(9)18-2)5-8(11(13)15)12(14)16/h3-6H,1-2H3,(H2,13,15)(H2,14,16). The van der Waals surface area contributed by atoms with Crippen LogP contribution in [0.4, 0.5) is 0 Å². The van der Waals surface area contributed by atoms with Gasteiger partial charge >= 0.3 is 0 Å². The fourth-order valence-electron chi connectivity index (χ4n) is 1.37. The van der Waals surface area contributed by atoms with Crippen LogP contribution in [0, 0.1) is 0 Å². The number of nitrogens with two attached hydrogens (primary N) is 2. The smallest absolute Gasteiger partial charge is 0.254 e. The summed E-state index contributed by atoms with van der Waals surface area (Å²) in [6.45, 7) is 0. The van der Waals surface area contributed by atoms with E-state index in [-0.39, 0.29) is 5.57 Å². The van der Waals surface area contributed by atoms with Crippen LogP contribution in [0.15, 0.2) is 23.8 Å². The number of methoxy groups -OCH3 is 2. The van der Waals surface area contributed by atoms with Crippen molar-refractivity contribution in [1.29, 1.82) is 0 Å². The summed E-state index contributed by atoms with van der Waals surface area (Å²) in [6, 6.07) is 4.89. The molecule has 6 nitrogen and oxygen atoms in total. The third-order valence-corrected chi connectivity index (χ3v) is 2.25. The summed E-state index contributed by atoms with van der Waals surface area (Å²) in [5.74, 6) is -0.747. The van der Waals surface area contributed by atoms with Crippen molar-refractivity contribution in [2.45, 2.75) is 0 Å². The Labute approximate surface area is 104 Å². The van der Waals surface area contributed by atoms with E-state index in [1.165, 1.54) is 20.3 Å². The first-order valence-electron chi connectivity index (χ1n) is 5.03. The minimum atomic E-state index is -0.878. The molecule has 0 saturated heterocycles. The molecule has 0 atom stereocenters. The van der Waals surface area contributed by atoms with E-state index in [1.807, 2.05) is 0 Å². The third kappa shape index (κ3) is 3.00. The van der Waals surface area contributed by atoms with Crippen molar-refractivity contribution in [3.63, 3.8) is 0 Å². The molecule has 0 saturated carbocycles. The Bertz CT molecular complexity index is 493. The Morgan fingerprint density at radius 1 is 1.06 bits per heavy atom. The third-order valence-electron chi connectivity index (χ3n) is 2.25. The summed E-state index contributed by atoms with van der Waals surface area (Å²) in [6.07, 6.45) is 1.30. The predicted octanol–water partition coefficient (Wildman–Crippen LogP) is 0.0578. The zero-order valence-electron chi connectivity index (χ0n) is 10.1. The normalized spacial score (nSPS) is 9.44. The molecular formula is C12H14N2O4. The Morgan fingerprint density at radius 2 is 1.61 bits per heavy atom. The monoisotopic (exact) mass is 250 g/mol. The summed E-state index contributed by atoms with van der Waals surface area (Å²) >= 11 is 0. The van der Waals surface area contributed by atoms with Gasteiger partial charge in [0.05, 0.1) is 14.2 Å². The highest BCUT2D eigenvalue weighted by Gasteiger charge is 2.12. The van der Waals surface area contributed by atoms with Crippen LogP contribution < -0.4 is 20.9 Å². The van der Waals surface area contributed by atoms with Crippen molar-refractivity contribution in [3.05, 3.63) is 29.3 Å². The molecule has 1 rings (SSSR count). The number of rotatable bonds is 5. The minimum absolute atomic E-state index is 0.276. The van der Waals surface area contributed by atoms with Gasteiger partial charge in [0.2, 0.25) is 0 Å². The second kappa shape index (κ2) is 5.72. The van der Waals surface area contributed by atoms with E-state index in [4.69, 9.17) is 20.9 Å². The quantitative estimate of drug-likeness (QED) is 0.438. The van der Waals surface area contributed by atoms with E-state index in [2.05, 4.69) is 0 Å². The average Bonchev–Trinajstić information content (AvgIpc) is 2.34. The lowest BCUT2D eigenvalue weighted by molar-refractivity contribution is -0.120. The summed E-state index contributed by atoms with van der Waals surface area (Å²) in [5, 5.41) is 0. The van der Waals surface area contributed by atoms with Crippen LogP contribution in [-0.4, -0.2) is 26.0 Å². The first-order chi connectivity index (χ1) is 8.49. The second-order valence-electron chi connectivity index (χ2n) is 3.40. The first-order valence-corrected chi connectivity index (χ1v) is 5.03. The lowest BCUT2D eigenvalue weighted by Gasteiger charge is -2.08. The van der Waals surface area contributed by atoms with Gasteiger partial charge in [0.1, 0.15) is 5.57 Å². The van der Waals surface area contributed by atoms with Crippen molar-refractivity contribution in [2.75, 3.05) is 14.2 Å². The van der Waals surface area contributed by atoms with Gasteiger partial charge in [-0.1, -0.05) is 6.07 Å². The van der Waals surface area contributed by atoms with Crippen LogP contribution in [0.25, 0.3) is 6.08 Å². The predicted molar refractivity (Wildman–Crippen MR) is 65.9 cm³/mol. The van der Waals surface area contributed by atoms with Gasteiger partial charge in [-0.2, -0.15) is 0 Å². The number of hydrogen-bond acceptors (Lipinski definition) is 4. The fraction of sp³-hybridized carbons (Fsp3) is 0.167. The summed E-state index contributed by atoms with van der Waals surface area (Å²) in [7, 11) is 2.99. The molecule has 0 fully saturated rings. The second-order valence-corrected chi connectivity index (χ2v) is 3.40. The Morgan fingerprint density at radius 3 is 2.06 bits per heavy atom. The van der Waals surface area contributed by atoms with Crippen LogP contribution in [-0.2, 0) is 9.59 Å². The number of primary amides is 2. The van der Waals surface area contributed by atoms with Crippen LogP contribution in [0.1, 0.15) is 5.56 Å². The van der Waals surface area contributed by atoms with Crippen molar-refractivity contribution in [2.24, 2.45) is 11.5 Å². The largest absolute Gasteiger partial charge is 0.493 e. The highest BCUT2D eigenvalue weighted by atomic mass is 16.5. The van der Waals surface area contributed by atoms with Gasteiger partial charge in [-0.05, 0) is 23.8 Å². The highest BCUT2D eigenvalue weighted by Crippen LogP contribution is 2.28. The molecule has 0 aliphatic carbocycles. The first kappa shape index (κ1) is 13.6. The number of hydrogen-bond donors (Lipinski definition) is 2. The van der Waals surface area contributed by atoms with Gasteiger partial charge in [-0.25, -0.2) is 0 Å². The van der Waals surface area contributed by atoms with Gasteiger partial charge in [0, 0.05) is 0 Å². The SMILES string of the molecule is COc1ccc(C=C(C(N)=O)C(N)=O)cc1OC. The Balaban J connectivity index is 3.22. The lowest BCUT2D eigenvalue weighted by Crippen LogP contribution is -2.25. The molecule has 0 heterocycles. The molecule has 1 aromatic carbocycles. The lowest BCUT2D eigenvalue weighted by atomic mass is 10.1.